The van der Waals surface area contributed by atoms with Crippen LogP contribution in [0.3, 0.4) is 0 Å². The molecule has 0 atom stereocenters. The Kier molecular flexibility index (Phi) is 8.00. The van der Waals surface area contributed by atoms with Gasteiger partial charge in [-0.15, -0.1) is 5.10 Å². The van der Waals surface area contributed by atoms with Crippen LogP contribution >= 0.6 is 0 Å². The molecule has 1 N–H and O–H groups in total. The minimum absolute atomic E-state index is 0.0142. The van der Waals surface area contributed by atoms with Crippen molar-refractivity contribution in [3.63, 3.8) is 0 Å². The lowest BCUT2D eigenvalue weighted by molar-refractivity contribution is -0.125. The molecule has 0 spiro atoms. The van der Waals surface area contributed by atoms with Gasteiger partial charge in [0.1, 0.15) is 5.82 Å². The van der Waals surface area contributed by atoms with Gasteiger partial charge in [-0.3, -0.25) is 9.59 Å². The zero-order chi connectivity index (χ0) is 26.7. The number of hydrogen-bond donors (Lipinski definition) is 1. The summed E-state index contributed by atoms with van der Waals surface area (Å²) in [7, 11) is 0. The molecule has 0 unspecified atom stereocenters. The standard InChI is InChI=1S/C30H41N5O2/c1-7-24-26-29(37)32-27(22-12-10-11-20(19-22)13-18-25(36)34(8-2)9-3)33-35(26)28(31-24)21-14-16-23(17-15-21)30(4,5)6/h10-13,18-19,21,23H,7-9,14-17H2,1-6H3,(H,32,33,37). The first-order valence-electron chi connectivity index (χ1n) is 13.7. The summed E-state index contributed by atoms with van der Waals surface area (Å²) in [4.78, 5) is 35.3. The van der Waals surface area contributed by atoms with E-state index in [0.29, 0.717) is 48.1 Å². The van der Waals surface area contributed by atoms with E-state index in [1.165, 1.54) is 12.8 Å². The molecule has 198 valence electrons. The quantitative estimate of drug-likeness (QED) is 0.410. The van der Waals surface area contributed by atoms with Crippen LogP contribution in [-0.2, 0) is 11.2 Å². The molecule has 1 fully saturated rings. The number of fused-ring (bicyclic) bond motifs is 1. The molecule has 1 aliphatic rings. The van der Waals surface area contributed by atoms with Crippen LogP contribution in [0.25, 0.3) is 23.0 Å². The molecule has 0 aliphatic heterocycles. The van der Waals surface area contributed by atoms with E-state index < -0.39 is 0 Å². The van der Waals surface area contributed by atoms with Crippen LogP contribution in [0.5, 0.6) is 0 Å². The van der Waals surface area contributed by atoms with Gasteiger partial charge in [-0.05, 0) is 75.0 Å². The predicted molar refractivity (Wildman–Crippen MR) is 150 cm³/mol. The monoisotopic (exact) mass is 503 g/mol. The number of amides is 1. The number of carbonyl (C=O) groups is 1. The Morgan fingerprint density at radius 2 is 1.84 bits per heavy atom. The van der Waals surface area contributed by atoms with Crippen LogP contribution in [0.2, 0.25) is 0 Å². The second-order valence-corrected chi connectivity index (χ2v) is 11.2. The first-order chi connectivity index (χ1) is 17.7. The molecular weight excluding hydrogens is 462 g/mol. The van der Waals surface area contributed by atoms with E-state index in [1.807, 2.05) is 55.6 Å². The second-order valence-electron chi connectivity index (χ2n) is 11.2. The summed E-state index contributed by atoms with van der Waals surface area (Å²) in [6.07, 6.45) is 8.56. The predicted octanol–water partition coefficient (Wildman–Crippen LogP) is 5.85. The number of carbonyl (C=O) groups excluding carboxylic acids is 1. The van der Waals surface area contributed by atoms with Gasteiger partial charge in [0.15, 0.2) is 11.3 Å². The summed E-state index contributed by atoms with van der Waals surface area (Å²) < 4.78 is 1.81. The van der Waals surface area contributed by atoms with Crippen LogP contribution < -0.4 is 5.56 Å². The highest BCUT2D eigenvalue weighted by Crippen LogP contribution is 2.43. The van der Waals surface area contributed by atoms with Crippen LogP contribution in [0.15, 0.2) is 35.1 Å². The molecule has 37 heavy (non-hydrogen) atoms. The lowest BCUT2D eigenvalue weighted by Crippen LogP contribution is -2.28. The van der Waals surface area contributed by atoms with Crippen molar-refractivity contribution < 1.29 is 4.79 Å². The molecule has 1 amide bonds. The summed E-state index contributed by atoms with van der Waals surface area (Å²) in [6, 6.07) is 7.74. The van der Waals surface area contributed by atoms with E-state index in [4.69, 9.17) is 10.1 Å². The number of imidazole rings is 1. The maximum Gasteiger partial charge on any atom is 0.277 e. The number of nitrogens with one attached hydrogen (secondary N) is 1. The SMILES string of the molecule is CCc1nc(C2CCC(C(C)(C)C)CC2)n2nc(-c3cccc(C=CC(=O)N(CC)CC)c3)[nH]c(=O)c12. The Morgan fingerprint density at radius 3 is 2.46 bits per heavy atom. The Balaban J connectivity index is 1.68. The van der Waals surface area contributed by atoms with Gasteiger partial charge in [-0.1, -0.05) is 45.9 Å². The minimum atomic E-state index is -0.165. The van der Waals surface area contributed by atoms with Gasteiger partial charge in [-0.2, -0.15) is 0 Å². The number of rotatable bonds is 7. The molecule has 4 rings (SSSR count). The Labute approximate surface area is 220 Å². The molecule has 7 heteroatoms. The van der Waals surface area contributed by atoms with Gasteiger partial charge in [0.25, 0.3) is 5.56 Å². The van der Waals surface area contributed by atoms with E-state index in [1.54, 1.807) is 11.0 Å². The number of aryl methyl sites for hydroxylation is 1. The van der Waals surface area contributed by atoms with Crippen molar-refractivity contribution in [2.75, 3.05) is 13.1 Å². The fraction of sp³-hybridized carbons (Fsp3) is 0.533. The van der Waals surface area contributed by atoms with Crippen LogP contribution in [0, 0.1) is 11.3 Å². The molecule has 1 aromatic carbocycles. The molecule has 0 radical (unpaired) electrons. The van der Waals surface area contributed by atoms with Crippen molar-refractivity contribution in [1.29, 1.82) is 0 Å². The van der Waals surface area contributed by atoms with Crippen molar-refractivity contribution in [2.45, 2.75) is 79.6 Å². The number of aromatic nitrogens is 4. The largest absolute Gasteiger partial charge is 0.340 e. The molecule has 1 saturated carbocycles. The van der Waals surface area contributed by atoms with Crippen molar-refractivity contribution in [3.05, 3.63) is 57.8 Å². The lowest BCUT2D eigenvalue weighted by atomic mass is 9.70. The molecule has 2 aromatic heterocycles. The Bertz CT molecular complexity index is 1330. The first-order valence-corrected chi connectivity index (χ1v) is 13.7. The summed E-state index contributed by atoms with van der Waals surface area (Å²) in [5.41, 5.74) is 3.18. The molecule has 0 bridgehead atoms. The van der Waals surface area contributed by atoms with Crippen LogP contribution in [-0.4, -0.2) is 43.5 Å². The molecule has 7 nitrogen and oxygen atoms in total. The van der Waals surface area contributed by atoms with Crippen molar-refractivity contribution in [3.8, 4) is 11.4 Å². The average Bonchev–Trinajstić information content (AvgIpc) is 3.27. The van der Waals surface area contributed by atoms with Crippen LogP contribution in [0.1, 0.15) is 90.2 Å². The Hall–Kier alpha value is -3.22. The number of H-pyrrole nitrogens is 1. The van der Waals surface area contributed by atoms with Gasteiger partial charge in [0.05, 0.1) is 5.69 Å². The zero-order valence-corrected chi connectivity index (χ0v) is 23.2. The summed E-state index contributed by atoms with van der Waals surface area (Å²) in [5, 5.41) is 4.91. The maximum absolute atomic E-state index is 13.3. The number of nitrogens with zero attached hydrogens (tertiary/aromatic N) is 4. The molecule has 3 aromatic rings. The maximum atomic E-state index is 13.3. The minimum Gasteiger partial charge on any atom is -0.340 e. The molecule has 2 heterocycles. The van der Waals surface area contributed by atoms with Gasteiger partial charge in [-0.25, -0.2) is 9.50 Å². The highest BCUT2D eigenvalue weighted by Gasteiger charge is 2.32. The van der Waals surface area contributed by atoms with E-state index >= 15 is 0 Å². The highest BCUT2D eigenvalue weighted by atomic mass is 16.2. The number of benzene rings is 1. The molecule has 0 saturated heterocycles. The third-order valence-electron chi connectivity index (χ3n) is 7.90. The lowest BCUT2D eigenvalue weighted by Gasteiger charge is -2.36. The fourth-order valence-electron chi connectivity index (χ4n) is 5.55. The highest BCUT2D eigenvalue weighted by molar-refractivity contribution is 5.91. The fourth-order valence-corrected chi connectivity index (χ4v) is 5.55. The summed E-state index contributed by atoms with van der Waals surface area (Å²) in [6.45, 7) is 14.3. The second kappa shape index (κ2) is 11.0. The van der Waals surface area contributed by atoms with Crippen LogP contribution in [0.4, 0.5) is 0 Å². The summed E-state index contributed by atoms with van der Waals surface area (Å²) >= 11 is 0. The van der Waals surface area contributed by atoms with Gasteiger partial charge in [0.2, 0.25) is 5.91 Å². The van der Waals surface area contributed by atoms with Crippen molar-refractivity contribution >= 4 is 17.5 Å². The van der Waals surface area contributed by atoms with E-state index in [-0.39, 0.29) is 11.5 Å². The van der Waals surface area contributed by atoms with E-state index in [2.05, 4.69) is 25.8 Å². The first kappa shape index (κ1) is 26.8. The summed E-state index contributed by atoms with van der Waals surface area (Å²) in [5.74, 6) is 2.41. The third kappa shape index (κ3) is 5.71. The number of likely N-dealkylation sites (N-methyl/N-ethyl adjacent to an activating group) is 1. The number of aromatic amines is 1. The molecule has 1 aliphatic carbocycles. The smallest absolute Gasteiger partial charge is 0.277 e. The zero-order valence-electron chi connectivity index (χ0n) is 23.2. The van der Waals surface area contributed by atoms with E-state index in [9.17, 15) is 9.59 Å². The Morgan fingerprint density at radius 1 is 1.14 bits per heavy atom. The van der Waals surface area contributed by atoms with Gasteiger partial charge in [0, 0.05) is 30.6 Å². The normalized spacial score (nSPS) is 18.5. The third-order valence-corrected chi connectivity index (χ3v) is 7.90. The topological polar surface area (TPSA) is 83.4 Å². The van der Waals surface area contributed by atoms with Gasteiger partial charge >= 0.3 is 0 Å². The van der Waals surface area contributed by atoms with E-state index in [0.717, 1.165) is 35.5 Å². The van der Waals surface area contributed by atoms with Crippen molar-refractivity contribution in [1.82, 2.24) is 24.5 Å². The molecular formula is C30H41N5O2. The number of hydrogen-bond acceptors (Lipinski definition) is 4. The van der Waals surface area contributed by atoms with Crippen molar-refractivity contribution in [2.24, 2.45) is 11.3 Å². The average molecular weight is 504 g/mol. The van der Waals surface area contributed by atoms with Gasteiger partial charge < -0.3 is 9.88 Å².